The molecule has 0 unspecified atom stereocenters. The van der Waals surface area contributed by atoms with Crippen LogP contribution in [0.3, 0.4) is 0 Å². The molecule has 1 aliphatic heterocycles. The maximum Gasteiger partial charge on any atom is 0.256 e. The maximum atomic E-state index is 13.4. The summed E-state index contributed by atoms with van der Waals surface area (Å²) >= 11 is 0. The number of hydrogen-bond acceptors (Lipinski definition) is 4. The first-order chi connectivity index (χ1) is 14.0. The highest BCUT2D eigenvalue weighted by Gasteiger charge is 2.27. The Morgan fingerprint density at radius 2 is 1.90 bits per heavy atom. The lowest BCUT2D eigenvalue weighted by atomic mass is 10.0. The summed E-state index contributed by atoms with van der Waals surface area (Å²) in [6.07, 6.45) is 0.679. The highest BCUT2D eigenvalue weighted by Crippen LogP contribution is 2.29. The van der Waals surface area contributed by atoms with Crippen LogP contribution in [0.15, 0.2) is 54.6 Å². The van der Waals surface area contributed by atoms with Crippen molar-refractivity contribution in [1.82, 2.24) is 9.88 Å². The zero-order valence-corrected chi connectivity index (χ0v) is 16.3. The molecule has 2 heterocycles. The van der Waals surface area contributed by atoms with Gasteiger partial charge >= 0.3 is 0 Å². The Bertz CT molecular complexity index is 1050. The fourth-order valence-corrected chi connectivity index (χ4v) is 3.39. The van der Waals surface area contributed by atoms with Gasteiger partial charge in [-0.25, -0.2) is 4.39 Å². The Labute approximate surface area is 168 Å². The summed E-state index contributed by atoms with van der Waals surface area (Å²) in [4.78, 5) is 19.4. The van der Waals surface area contributed by atoms with Crippen LogP contribution in [0.2, 0.25) is 0 Å². The molecule has 0 saturated carbocycles. The van der Waals surface area contributed by atoms with Crippen LogP contribution in [0.5, 0.6) is 17.2 Å². The van der Waals surface area contributed by atoms with Gasteiger partial charge in [0.1, 0.15) is 23.1 Å². The first-order valence-corrected chi connectivity index (χ1v) is 9.39. The van der Waals surface area contributed by atoms with Crippen LogP contribution in [0.4, 0.5) is 4.39 Å². The summed E-state index contributed by atoms with van der Waals surface area (Å²) < 4.78 is 24.4. The van der Waals surface area contributed by atoms with Crippen molar-refractivity contribution >= 4 is 5.91 Å². The molecular formula is C23H21FN2O3. The van der Waals surface area contributed by atoms with Crippen molar-refractivity contribution < 1.29 is 18.7 Å². The number of aryl methyl sites for hydroxylation is 1. The van der Waals surface area contributed by atoms with E-state index in [4.69, 9.17) is 9.47 Å². The summed E-state index contributed by atoms with van der Waals surface area (Å²) in [5.41, 5.74) is 3.00. The quantitative estimate of drug-likeness (QED) is 0.640. The van der Waals surface area contributed by atoms with Gasteiger partial charge in [0.25, 0.3) is 5.91 Å². The lowest BCUT2D eigenvalue weighted by Gasteiger charge is -2.28. The van der Waals surface area contributed by atoms with Crippen LogP contribution in [0, 0.1) is 12.7 Å². The second-order valence-corrected chi connectivity index (χ2v) is 6.95. The van der Waals surface area contributed by atoms with E-state index in [0.29, 0.717) is 42.3 Å². The van der Waals surface area contributed by atoms with E-state index in [-0.39, 0.29) is 11.7 Å². The van der Waals surface area contributed by atoms with Crippen molar-refractivity contribution in [2.24, 2.45) is 0 Å². The standard InChI is InChI=1S/C23H21FN2O3/c1-15-22(29-19-5-3-4-17(24)12-19)13-20-21(25-15)10-11-26(23(20)27)14-16-6-8-18(28-2)9-7-16/h3-9,12-13H,10-11,14H2,1-2H3. The molecule has 0 bridgehead atoms. The molecule has 148 valence electrons. The Morgan fingerprint density at radius 1 is 1.10 bits per heavy atom. The van der Waals surface area contributed by atoms with Crippen molar-refractivity contribution in [3.8, 4) is 17.2 Å². The van der Waals surface area contributed by atoms with Crippen molar-refractivity contribution in [3.05, 3.63) is 82.9 Å². The van der Waals surface area contributed by atoms with E-state index in [0.717, 1.165) is 17.0 Å². The molecule has 6 heteroatoms. The summed E-state index contributed by atoms with van der Waals surface area (Å²) in [5, 5.41) is 0. The van der Waals surface area contributed by atoms with Crippen LogP contribution in [-0.2, 0) is 13.0 Å². The second-order valence-electron chi connectivity index (χ2n) is 6.95. The van der Waals surface area contributed by atoms with Crippen molar-refractivity contribution in [3.63, 3.8) is 0 Å². The number of methoxy groups -OCH3 is 1. The third-order valence-electron chi connectivity index (χ3n) is 4.94. The van der Waals surface area contributed by atoms with Crippen molar-refractivity contribution in [2.45, 2.75) is 19.9 Å². The predicted octanol–water partition coefficient (Wildman–Crippen LogP) is 4.53. The van der Waals surface area contributed by atoms with Gasteiger partial charge in [0.05, 0.1) is 24.1 Å². The van der Waals surface area contributed by atoms with Gasteiger partial charge in [-0.1, -0.05) is 18.2 Å². The lowest BCUT2D eigenvalue weighted by Crippen LogP contribution is -2.37. The van der Waals surface area contributed by atoms with Crippen LogP contribution in [0.25, 0.3) is 0 Å². The molecule has 4 rings (SSSR count). The van der Waals surface area contributed by atoms with Gasteiger partial charge in [-0.2, -0.15) is 0 Å². The lowest BCUT2D eigenvalue weighted by molar-refractivity contribution is 0.0724. The maximum absolute atomic E-state index is 13.4. The number of aromatic nitrogens is 1. The topological polar surface area (TPSA) is 51.7 Å². The van der Waals surface area contributed by atoms with Crippen molar-refractivity contribution in [1.29, 1.82) is 0 Å². The Hall–Kier alpha value is -3.41. The van der Waals surface area contributed by atoms with E-state index in [1.807, 2.05) is 31.2 Å². The number of amides is 1. The number of carbonyl (C=O) groups excluding carboxylic acids is 1. The zero-order chi connectivity index (χ0) is 20.4. The first-order valence-electron chi connectivity index (χ1n) is 9.39. The van der Waals surface area contributed by atoms with Crippen molar-refractivity contribution in [2.75, 3.05) is 13.7 Å². The van der Waals surface area contributed by atoms with E-state index in [1.165, 1.54) is 12.1 Å². The van der Waals surface area contributed by atoms with E-state index < -0.39 is 0 Å². The smallest absolute Gasteiger partial charge is 0.256 e. The highest BCUT2D eigenvalue weighted by atomic mass is 19.1. The number of halogens is 1. The first kappa shape index (κ1) is 18.9. The van der Waals surface area contributed by atoms with Crippen LogP contribution < -0.4 is 9.47 Å². The van der Waals surface area contributed by atoms with Gasteiger partial charge < -0.3 is 14.4 Å². The average Bonchev–Trinajstić information content (AvgIpc) is 2.72. The molecular weight excluding hydrogens is 371 g/mol. The Morgan fingerprint density at radius 3 is 2.62 bits per heavy atom. The van der Waals surface area contributed by atoms with Crippen LogP contribution >= 0.6 is 0 Å². The van der Waals surface area contributed by atoms with Gasteiger partial charge in [-0.05, 0) is 42.8 Å². The molecule has 0 atom stereocenters. The van der Waals surface area contributed by atoms with E-state index in [2.05, 4.69) is 4.98 Å². The number of benzene rings is 2. The van der Waals surface area contributed by atoms with Crippen LogP contribution in [0.1, 0.15) is 27.3 Å². The minimum atomic E-state index is -0.382. The molecule has 0 spiro atoms. The minimum Gasteiger partial charge on any atom is -0.497 e. The fraction of sp³-hybridized carbons (Fsp3) is 0.217. The number of rotatable bonds is 5. The molecule has 0 fully saturated rings. The van der Waals surface area contributed by atoms with Gasteiger partial charge in [0.2, 0.25) is 0 Å². The number of pyridine rings is 1. The molecule has 5 nitrogen and oxygen atoms in total. The summed E-state index contributed by atoms with van der Waals surface area (Å²) in [6.45, 7) is 2.94. The largest absolute Gasteiger partial charge is 0.497 e. The normalized spacial score (nSPS) is 13.2. The monoisotopic (exact) mass is 392 g/mol. The molecule has 1 aromatic heterocycles. The van der Waals surface area contributed by atoms with E-state index >= 15 is 0 Å². The van der Waals surface area contributed by atoms with Gasteiger partial charge in [0.15, 0.2) is 0 Å². The second kappa shape index (κ2) is 7.91. The summed E-state index contributed by atoms with van der Waals surface area (Å²) in [7, 11) is 1.62. The number of ether oxygens (including phenoxy) is 2. The molecule has 1 amide bonds. The number of fused-ring (bicyclic) bond motifs is 1. The summed E-state index contributed by atoms with van der Waals surface area (Å²) in [6, 6.07) is 15.3. The van der Waals surface area contributed by atoms with Gasteiger partial charge in [-0.3, -0.25) is 9.78 Å². The fourth-order valence-electron chi connectivity index (χ4n) is 3.39. The predicted molar refractivity (Wildman–Crippen MR) is 107 cm³/mol. The molecule has 0 radical (unpaired) electrons. The highest BCUT2D eigenvalue weighted by molar-refractivity contribution is 5.96. The van der Waals surface area contributed by atoms with Gasteiger partial charge in [0, 0.05) is 25.6 Å². The van der Waals surface area contributed by atoms with Gasteiger partial charge in [-0.15, -0.1) is 0 Å². The molecule has 29 heavy (non-hydrogen) atoms. The molecule has 3 aromatic rings. The van der Waals surface area contributed by atoms with Crippen LogP contribution in [-0.4, -0.2) is 29.4 Å². The summed E-state index contributed by atoms with van der Waals surface area (Å²) in [5.74, 6) is 1.14. The minimum absolute atomic E-state index is 0.0846. The third kappa shape index (κ3) is 4.06. The van der Waals surface area contributed by atoms with E-state index in [1.54, 1.807) is 30.2 Å². The SMILES string of the molecule is COc1ccc(CN2CCc3nc(C)c(Oc4cccc(F)c4)cc3C2=O)cc1. The molecule has 2 aromatic carbocycles. The number of carbonyl (C=O) groups is 1. The molecule has 1 aliphatic rings. The zero-order valence-electron chi connectivity index (χ0n) is 16.3. The molecule has 0 saturated heterocycles. The Balaban J connectivity index is 1.57. The average molecular weight is 392 g/mol. The van der Waals surface area contributed by atoms with E-state index in [9.17, 15) is 9.18 Å². The third-order valence-corrected chi connectivity index (χ3v) is 4.94. The number of hydrogen-bond donors (Lipinski definition) is 0. The molecule has 0 aliphatic carbocycles. The molecule has 0 N–H and O–H groups in total. The number of nitrogens with zero attached hydrogens (tertiary/aromatic N) is 2. The Kier molecular flexibility index (Phi) is 5.16.